The number of nitro benzene ring substituents is 1. The minimum atomic E-state index is -0.724. The van der Waals surface area contributed by atoms with Gasteiger partial charge >= 0.3 is 5.97 Å². The van der Waals surface area contributed by atoms with Crippen molar-refractivity contribution in [1.82, 2.24) is 10.6 Å². The molecule has 0 spiro atoms. The molecule has 142 valence electrons. The van der Waals surface area contributed by atoms with Gasteiger partial charge in [-0.15, -0.1) is 0 Å². The molecule has 1 aromatic rings. The number of nitro groups is 1. The maximum absolute atomic E-state index is 11.9. The van der Waals surface area contributed by atoms with Gasteiger partial charge in [-0.3, -0.25) is 19.7 Å². The predicted octanol–water partition coefficient (Wildman–Crippen LogP) is 1.42. The normalized spacial score (nSPS) is 11.5. The molecular formula is C17H23N3O6. The third-order valence-electron chi connectivity index (χ3n) is 3.51. The number of hydrogen-bond donors (Lipinski definition) is 2. The van der Waals surface area contributed by atoms with Gasteiger partial charge < -0.3 is 15.4 Å². The Balaban J connectivity index is 2.47. The summed E-state index contributed by atoms with van der Waals surface area (Å²) in [6.07, 6.45) is 0.442. The molecule has 0 fully saturated rings. The van der Waals surface area contributed by atoms with E-state index in [2.05, 4.69) is 15.4 Å². The van der Waals surface area contributed by atoms with Crippen molar-refractivity contribution in [3.8, 4) is 0 Å². The van der Waals surface area contributed by atoms with Gasteiger partial charge in [-0.1, -0.05) is 13.8 Å². The fraction of sp³-hybridized carbons (Fsp3) is 0.471. The molecule has 0 heterocycles. The van der Waals surface area contributed by atoms with E-state index in [1.165, 1.54) is 31.4 Å². The molecule has 0 unspecified atom stereocenters. The number of methoxy groups -OCH3 is 1. The van der Waals surface area contributed by atoms with Gasteiger partial charge in [0, 0.05) is 30.7 Å². The Hall–Kier alpha value is -2.97. The monoisotopic (exact) mass is 365 g/mol. The lowest BCUT2D eigenvalue weighted by Crippen LogP contribution is -2.43. The average Bonchev–Trinajstić information content (AvgIpc) is 2.60. The highest BCUT2D eigenvalue weighted by Gasteiger charge is 2.22. The fourth-order valence-corrected chi connectivity index (χ4v) is 2.22. The van der Waals surface area contributed by atoms with Crippen molar-refractivity contribution < 1.29 is 24.0 Å². The average molecular weight is 365 g/mol. The Kier molecular flexibility index (Phi) is 8.20. The summed E-state index contributed by atoms with van der Waals surface area (Å²) in [6, 6.07) is 4.41. The van der Waals surface area contributed by atoms with E-state index in [0.717, 1.165) is 0 Å². The second kappa shape index (κ2) is 10.1. The van der Waals surface area contributed by atoms with Crippen LogP contribution in [0.5, 0.6) is 0 Å². The van der Waals surface area contributed by atoms with E-state index in [-0.39, 0.29) is 36.0 Å². The highest BCUT2D eigenvalue weighted by atomic mass is 16.6. The van der Waals surface area contributed by atoms with Crippen molar-refractivity contribution >= 4 is 23.5 Å². The molecule has 0 saturated carbocycles. The van der Waals surface area contributed by atoms with Crippen molar-refractivity contribution in [2.75, 3.05) is 13.7 Å². The van der Waals surface area contributed by atoms with E-state index in [0.29, 0.717) is 6.42 Å². The molecule has 26 heavy (non-hydrogen) atoms. The van der Waals surface area contributed by atoms with E-state index in [9.17, 15) is 24.5 Å². The highest BCUT2D eigenvalue weighted by molar-refractivity contribution is 5.94. The van der Waals surface area contributed by atoms with Crippen LogP contribution < -0.4 is 10.6 Å². The molecule has 0 aliphatic rings. The first-order chi connectivity index (χ1) is 12.2. The van der Waals surface area contributed by atoms with Crippen LogP contribution in [-0.4, -0.2) is 42.4 Å². The molecule has 9 nitrogen and oxygen atoms in total. The SMILES string of the molecule is COC(=O)[C@H](CC(C)C)NC(=O)CCNC(=O)c1ccc([N+](=O)[O-])cc1. The largest absolute Gasteiger partial charge is 0.467 e. The minimum absolute atomic E-state index is 0.00961. The lowest BCUT2D eigenvalue weighted by Gasteiger charge is -2.18. The van der Waals surface area contributed by atoms with Crippen molar-refractivity contribution in [2.24, 2.45) is 5.92 Å². The van der Waals surface area contributed by atoms with Crippen molar-refractivity contribution in [1.29, 1.82) is 0 Å². The topological polar surface area (TPSA) is 128 Å². The van der Waals surface area contributed by atoms with Crippen LogP contribution in [0.3, 0.4) is 0 Å². The third-order valence-corrected chi connectivity index (χ3v) is 3.51. The molecule has 0 radical (unpaired) electrons. The maximum Gasteiger partial charge on any atom is 0.328 e. The molecule has 0 aliphatic heterocycles. The molecule has 0 aromatic heterocycles. The van der Waals surface area contributed by atoms with E-state index in [1.54, 1.807) is 0 Å². The highest BCUT2D eigenvalue weighted by Crippen LogP contribution is 2.11. The maximum atomic E-state index is 11.9. The number of hydrogen-bond acceptors (Lipinski definition) is 6. The summed E-state index contributed by atoms with van der Waals surface area (Å²) >= 11 is 0. The van der Waals surface area contributed by atoms with Crippen LogP contribution in [0, 0.1) is 16.0 Å². The number of esters is 1. The molecule has 9 heteroatoms. The summed E-state index contributed by atoms with van der Waals surface area (Å²) in [5, 5.41) is 15.7. The van der Waals surface area contributed by atoms with E-state index >= 15 is 0 Å². The first kappa shape index (κ1) is 21.1. The predicted molar refractivity (Wildman–Crippen MR) is 93.4 cm³/mol. The Morgan fingerprint density at radius 3 is 2.31 bits per heavy atom. The second-order valence-electron chi connectivity index (χ2n) is 6.08. The van der Waals surface area contributed by atoms with Crippen LogP contribution in [0.25, 0.3) is 0 Å². The van der Waals surface area contributed by atoms with Gasteiger partial charge in [0.2, 0.25) is 5.91 Å². The standard InChI is InChI=1S/C17H23N3O6/c1-11(2)10-14(17(23)26-3)19-15(21)8-9-18-16(22)12-4-6-13(7-5-12)20(24)25/h4-7,11,14H,8-10H2,1-3H3,(H,18,22)(H,19,21)/t14-/m0/s1. The van der Waals surface area contributed by atoms with Crippen molar-refractivity contribution in [2.45, 2.75) is 32.7 Å². The van der Waals surface area contributed by atoms with Crippen LogP contribution in [0.1, 0.15) is 37.0 Å². The number of nitrogens with one attached hydrogen (secondary N) is 2. The van der Waals surface area contributed by atoms with Gasteiger partial charge in [-0.05, 0) is 24.5 Å². The Morgan fingerprint density at radius 2 is 1.81 bits per heavy atom. The number of carbonyl (C=O) groups is 3. The Labute approximate surface area is 151 Å². The van der Waals surface area contributed by atoms with Gasteiger partial charge in [0.1, 0.15) is 6.04 Å². The number of non-ortho nitro benzene ring substituents is 1. The minimum Gasteiger partial charge on any atom is -0.467 e. The molecular weight excluding hydrogens is 342 g/mol. The molecule has 0 saturated heterocycles. The Morgan fingerprint density at radius 1 is 1.19 bits per heavy atom. The summed E-state index contributed by atoms with van der Waals surface area (Å²) < 4.78 is 4.67. The summed E-state index contributed by atoms with van der Waals surface area (Å²) in [5.41, 5.74) is 0.142. The smallest absolute Gasteiger partial charge is 0.328 e. The zero-order valence-corrected chi connectivity index (χ0v) is 15.0. The summed E-state index contributed by atoms with van der Waals surface area (Å²) in [7, 11) is 1.26. The van der Waals surface area contributed by atoms with Crippen LogP contribution >= 0.6 is 0 Å². The van der Waals surface area contributed by atoms with Crippen molar-refractivity contribution in [3.63, 3.8) is 0 Å². The number of ether oxygens (including phenoxy) is 1. The zero-order chi connectivity index (χ0) is 19.7. The molecule has 1 aromatic carbocycles. The summed E-state index contributed by atoms with van der Waals surface area (Å²) in [4.78, 5) is 45.6. The van der Waals surface area contributed by atoms with Crippen LogP contribution in [0.15, 0.2) is 24.3 Å². The number of amides is 2. The van der Waals surface area contributed by atoms with Gasteiger partial charge in [-0.2, -0.15) is 0 Å². The molecule has 0 aliphatic carbocycles. The van der Waals surface area contributed by atoms with Gasteiger partial charge in [-0.25, -0.2) is 4.79 Å². The summed E-state index contributed by atoms with van der Waals surface area (Å²) in [5.74, 6) is -1.15. The Bertz CT molecular complexity index is 657. The number of nitrogens with zero attached hydrogens (tertiary/aromatic N) is 1. The number of rotatable bonds is 9. The quantitative estimate of drug-likeness (QED) is 0.387. The lowest BCUT2D eigenvalue weighted by molar-refractivity contribution is -0.384. The molecule has 2 N–H and O–H groups in total. The van der Waals surface area contributed by atoms with E-state index in [4.69, 9.17) is 0 Å². The van der Waals surface area contributed by atoms with Crippen LogP contribution in [-0.2, 0) is 14.3 Å². The number of benzene rings is 1. The van der Waals surface area contributed by atoms with E-state index in [1.807, 2.05) is 13.8 Å². The second-order valence-corrected chi connectivity index (χ2v) is 6.08. The van der Waals surface area contributed by atoms with Crippen LogP contribution in [0.4, 0.5) is 5.69 Å². The van der Waals surface area contributed by atoms with Gasteiger partial charge in [0.25, 0.3) is 11.6 Å². The molecule has 2 amide bonds. The molecule has 1 atom stereocenters. The summed E-state index contributed by atoms with van der Waals surface area (Å²) in [6.45, 7) is 3.91. The van der Waals surface area contributed by atoms with Crippen LogP contribution in [0.2, 0.25) is 0 Å². The number of carbonyl (C=O) groups excluding carboxylic acids is 3. The molecule has 0 bridgehead atoms. The molecule has 1 rings (SSSR count). The third kappa shape index (κ3) is 6.88. The van der Waals surface area contributed by atoms with Gasteiger partial charge in [0.15, 0.2) is 0 Å². The zero-order valence-electron chi connectivity index (χ0n) is 15.0. The first-order valence-corrected chi connectivity index (χ1v) is 8.14. The first-order valence-electron chi connectivity index (χ1n) is 8.14. The fourth-order valence-electron chi connectivity index (χ4n) is 2.22. The van der Waals surface area contributed by atoms with E-state index < -0.39 is 22.8 Å². The van der Waals surface area contributed by atoms with Crippen molar-refractivity contribution in [3.05, 3.63) is 39.9 Å². The lowest BCUT2D eigenvalue weighted by atomic mass is 10.0. The van der Waals surface area contributed by atoms with Gasteiger partial charge in [0.05, 0.1) is 12.0 Å².